The van der Waals surface area contributed by atoms with E-state index in [1.54, 1.807) is 7.11 Å². The predicted octanol–water partition coefficient (Wildman–Crippen LogP) is 5.07. The number of rotatable bonds is 2. The predicted molar refractivity (Wildman–Crippen MR) is 95.1 cm³/mol. The van der Waals surface area contributed by atoms with Crippen molar-refractivity contribution in [3.63, 3.8) is 0 Å². The first-order valence-electron chi connectivity index (χ1n) is 7.90. The van der Waals surface area contributed by atoms with E-state index in [9.17, 15) is 0 Å². The van der Waals surface area contributed by atoms with Gasteiger partial charge in [-0.3, -0.25) is 0 Å². The van der Waals surface area contributed by atoms with Crippen molar-refractivity contribution < 1.29 is 9.47 Å². The Labute approximate surface area is 146 Å². The minimum atomic E-state index is -0.186. The van der Waals surface area contributed by atoms with Gasteiger partial charge in [-0.15, -0.1) is 0 Å². The molecule has 0 saturated heterocycles. The number of hydrogen-bond acceptors (Lipinski definition) is 2. The van der Waals surface area contributed by atoms with E-state index in [2.05, 4.69) is 35.9 Å². The van der Waals surface area contributed by atoms with E-state index in [0.29, 0.717) is 11.6 Å². The molecule has 0 bridgehead atoms. The molecular weight excluding hydrogens is 322 g/mol. The SMILES string of the molecule is COc1cccc(C2OCc3cccn3-c3ccc(Cl)cc32)c1C. The topological polar surface area (TPSA) is 23.4 Å². The van der Waals surface area contributed by atoms with Crippen LogP contribution < -0.4 is 4.74 Å². The highest BCUT2D eigenvalue weighted by Crippen LogP contribution is 2.39. The largest absolute Gasteiger partial charge is 0.496 e. The highest BCUT2D eigenvalue weighted by atomic mass is 35.5. The van der Waals surface area contributed by atoms with Crippen LogP contribution in [0.25, 0.3) is 5.69 Å². The molecule has 24 heavy (non-hydrogen) atoms. The molecule has 3 nitrogen and oxygen atoms in total. The zero-order chi connectivity index (χ0) is 16.7. The molecule has 2 aromatic carbocycles. The standard InChI is InChI=1S/C20H18ClNO2/c1-13-16(6-3-7-19(13)23-2)20-17-11-14(21)8-9-18(17)22-10-4-5-15(22)12-24-20/h3-11,20H,12H2,1-2H3. The third kappa shape index (κ3) is 2.41. The van der Waals surface area contributed by atoms with Gasteiger partial charge in [0.1, 0.15) is 11.9 Å². The monoisotopic (exact) mass is 339 g/mol. The molecule has 0 amide bonds. The van der Waals surface area contributed by atoms with Gasteiger partial charge >= 0.3 is 0 Å². The first kappa shape index (κ1) is 15.3. The summed E-state index contributed by atoms with van der Waals surface area (Å²) in [6, 6.07) is 16.2. The maximum Gasteiger partial charge on any atom is 0.122 e. The Kier molecular flexibility index (Phi) is 3.83. The van der Waals surface area contributed by atoms with Crippen LogP contribution in [-0.4, -0.2) is 11.7 Å². The van der Waals surface area contributed by atoms with Gasteiger partial charge < -0.3 is 14.0 Å². The van der Waals surface area contributed by atoms with E-state index in [1.165, 1.54) is 0 Å². The van der Waals surface area contributed by atoms with Crippen molar-refractivity contribution in [2.24, 2.45) is 0 Å². The van der Waals surface area contributed by atoms with Gasteiger partial charge in [-0.25, -0.2) is 0 Å². The van der Waals surface area contributed by atoms with Crippen LogP contribution in [0.4, 0.5) is 0 Å². The van der Waals surface area contributed by atoms with Crippen LogP contribution >= 0.6 is 11.6 Å². The smallest absolute Gasteiger partial charge is 0.122 e. The fourth-order valence-electron chi connectivity index (χ4n) is 3.38. The highest BCUT2D eigenvalue weighted by Gasteiger charge is 2.26. The fourth-order valence-corrected chi connectivity index (χ4v) is 3.56. The van der Waals surface area contributed by atoms with Crippen LogP contribution in [0.1, 0.15) is 28.5 Å². The summed E-state index contributed by atoms with van der Waals surface area (Å²) in [6.45, 7) is 2.60. The third-order valence-corrected chi connectivity index (χ3v) is 4.83. The lowest BCUT2D eigenvalue weighted by Crippen LogP contribution is -2.08. The molecule has 0 saturated carbocycles. The van der Waals surface area contributed by atoms with E-state index in [0.717, 1.165) is 33.8 Å². The molecule has 0 radical (unpaired) electrons. The highest BCUT2D eigenvalue weighted by molar-refractivity contribution is 6.30. The van der Waals surface area contributed by atoms with Gasteiger partial charge in [-0.1, -0.05) is 23.7 Å². The first-order valence-corrected chi connectivity index (χ1v) is 8.28. The van der Waals surface area contributed by atoms with E-state index >= 15 is 0 Å². The zero-order valence-electron chi connectivity index (χ0n) is 13.6. The van der Waals surface area contributed by atoms with Crippen molar-refractivity contribution in [2.75, 3.05) is 7.11 Å². The van der Waals surface area contributed by atoms with Gasteiger partial charge in [0, 0.05) is 22.5 Å². The average Bonchev–Trinajstić information content (AvgIpc) is 2.99. The Morgan fingerprint density at radius 1 is 1.12 bits per heavy atom. The Morgan fingerprint density at radius 3 is 2.83 bits per heavy atom. The van der Waals surface area contributed by atoms with Crippen molar-refractivity contribution >= 4 is 11.6 Å². The summed E-state index contributed by atoms with van der Waals surface area (Å²) in [5.41, 5.74) is 5.48. The third-order valence-electron chi connectivity index (χ3n) is 4.59. The lowest BCUT2D eigenvalue weighted by molar-refractivity contribution is 0.0673. The molecule has 1 aliphatic rings. The number of nitrogens with zero attached hydrogens (tertiary/aromatic N) is 1. The van der Waals surface area contributed by atoms with Crippen LogP contribution in [0.15, 0.2) is 54.7 Å². The molecule has 4 rings (SSSR count). The van der Waals surface area contributed by atoms with Crippen molar-refractivity contribution in [1.29, 1.82) is 0 Å². The first-order chi connectivity index (χ1) is 11.7. The lowest BCUT2D eigenvalue weighted by atomic mass is 9.95. The lowest BCUT2D eigenvalue weighted by Gasteiger charge is -2.21. The molecule has 0 spiro atoms. The molecule has 1 aliphatic heterocycles. The van der Waals surface area contributed by atoms with Crippen molar-refractivity contribution in [3.05, 3.63) is 82.1 Å². The molecule has 122 valence electrons. The number of halogens is 1. The van der Waals surface area contributed by atoms with Gasteiger partial charge in [0.15, 0.2) is 0 Å². The van der Waals surface area contributed by atoms with Crippen LogP contribution in [-0.2, 0) is 11.3 Å². The maximum atomic E-state index is 6.30. The van der Waals surface area contributed by atoms with Gasteiger partial charge in [-0.2, -0.15) is 0 Å². The van der Waals surface area contributed by atoms with Crippen LogP contribution in [0.2, 0.25) is 5.02 Å². The molecule has 1 aromatic heterocycles. The molecule has 1 atom stereocenters. The quantitative estimate of drug-likeness (QED) is 0.651. The van der Waals surface area contributed by atoms with Gasteiger partial charge in [-0.05, 0) is 54.4 Å². The Hall–Kier alpha value is -2.23. The molecule has 0 N–H and O–H groups in total. The molecule has 2 heterocycles. The van der Waals surface area contributed by atoms with Gasteiger partial charge in [0.05, 0.1) is 19.4 Å². The van der Waals surface area contributed by atoms with E-state index in [4.69, 9.17) is 21.1 Å². The number of hydrogen-bond donors (Lipinski definition) is 0. The Morgan fingerprint density at radius 2 is 2.00 bits per heavy atom. The second-order valence-corrected chi connectivity index (χ2v) is 6.37. The molecule has 3 aromatic rings. The minimum absolute atomic E-state index is 0.186. The van der Waals surface area contributed by atoms with Crippen LogP contribution in [0.5, 0.6) is 5.75 Å². The van der Waals surface area contributed by atoms with Crippen molar-refractivity contribution in [1.82, 2.24) is 4.57 Å². The number of benzene rings is 2. The molecule has 4 heteroatoms. The number of ether oxygens (including phenoxy) is 2. The second kappa shape index (κ2) is 6.00. The summed E-state index contributed by atoms with van der Waals surface area (Å²) in [4.78, 5) is 0. The molecule has 0 fully saturated rings. The Balaban J connectivity index is 1.93. The molecular formula is C20H18ClNO2. The average molecular weight is 340 g/mol. The number of aromatic nitrogens is 1. The zero-order valence-corrected chi connectivity index (χ0v) is 14.4. The second-order valence-electron chi connectivity index (χ2n) is 5.94. The van der Waals surface area contributed by atoms with Crippen molar-refractivity contribution in [2.45, 2.75) is 19.6 Å². The van der Waals surface area contributed by atoms with Crippen molar-refractivity contribution in [3.8, 4) is 11.4 Å². The van der Waals surface area contributed by atoms with Crippen LogP contribution in [0, 0.1) is 6.92 Å². The summed E-state index contributed by atoms with van der Waals surface area (Å²) in [5.74, 6) is 0.864. The van der Waals surface area contributed by atoms with Gasteiger partial charge in [0.25, 0.3) is 0 Å². The summed E-state index contributed by atoms with van der Waals surface area (Å²) < 4.78 is 13.9. The van der Waals surface area contributed by atoms with E-state index in [-0.39, 0.29) is 6.10 Å². The van der Waals surface area contributed by atoms with Crippen LogP contribution in [0.3, 0.4) is 0 Å². The summed E-state index contributed by atoms with van der Waals surface area (Å²) in [6.07, 6.45) is 1.88. The number of methoxy groups -OCH3 is 1. The molecule has 0 aliphatic carbocycles. The summed E-state index contributed by atoms with van der Waals surface area (Å²) in [7, 11) is 1.69. The summed E-state index contributed by atoms with van der Waals surface area (Å²) >= 11 is 6.29. The minimum Gasteiger partial charge on any atom is -0.496 e. The fraction of sp³-hybridized carbons (Fsp3) is 0.200. The number of fused-ring (bicyclic) bond motifs is 3. The summed E-state index contributed by atoms with van der Waals surface area (Å²) in [5, 5.41) is 0.707. The van der Waals surface area contributed by atoms with E-state index in [1.807, 2.05) is 30.3 Å². The maximum absolute atomic E-state index is 6.30. The molecule has 1 unspecified atom stereocenters. The van der Waals surface area contributed by atoms with Gasteiger partial charge in [0.2, 0.25) is 0 Å². The Bertz CT molecular complexity index is 900. The van der Waals surface area contributed by atoms with E-state index < -0.39 is 0 Å². The normalized spacial score (nSPS) is 16.2.